The van der Waals surface area contributed by atoms with Gasteiger partial charge in [0.2, 0.25) is 0 Å². The molecule has 2 saturated heterocycles. The van der Waals surface area contributed by atoms with Crippen LogP contribution in [0, 0.1) is 0 Å². The number of hydrogen-bond donors (Lipinski definition) is 0. The van der Waals surface area contributed by atoms with Gasteiger partial charge in [0, 0.05) is 69.7 Å². The van der Waals surface area contributed by atoms with Crippen LogP contribution in [0.1, 0.15) is 90.6 Å². The number of ketones is 2. The predicted molar refractivity (Wildman–Crippen MR) is 222 cm³/mol. The van der Waals surface area contributed by atoms with E-state index < -0.39 is 0 Å². The fraction of sp³-hybridized carbons (Fsp3) is 0.447. The zero-order valence-electron chi connectivity index (χ0n) is 34.0. The number of nitrogens with zero attached hydrogens (tertiary/aromatic N) is 2. The third kappa shape index (κ3) is 8.77. The van der Waals surface area contributed by atoms with Gasteiger partial charge in [-0.15, -0.1) is 0 Å². The summed E-state index contributed by atoms with van der Waals surface area (Å²) in [4.78, 5) is 31.0. The number of carbonyl (C=O) groups excluding carboxylic acids is 2. The first kappa shape index (κ1) is 40.1. The lowest BCUT2D eigenvalue weighted by Gasteiger charge is -2.26. The third-order valence-electron chi connectivity index (χ3n) is 11.0. The maximum atomic E-state index is 13.1. The average Bonchev–Trinajstić information content (AvgIpc) is 3.95. The van der Waals surface area contributed by atoms with Crippen LogP contribution in [-0.2, 0) is 0 Å². The molecule has 0 amide bonds. The minimum Gasteiger partial charge on any atom is -0.496 e. The Balaban J connectivity index is 0.000000174. The van der Waals surface area contributed by atoms with E-state index in [0.717, 1.165) is 85.9 Å². The van der Waals surface area contributed by atoms with E-state index in [2.05, 4.69) is 23.6 Å². The van der Waals surface area contributed by atoms with Crippen molar-refractivity contribution in [2.24, 2.45) is 0 Å². The van der Waals surface area contributed by atoms with Crippen molar-refractivity contribution < 1.29 is 38.0 Å². The molecule has 0 saturated carbocycles. The summed E-state index contributed by atoms with van der Waals surface area (Å²) in [6, 6.07) is 18.7. The Kier molecular flexibility index (Phi) is 13.3. The highest BCUT2D eigenvalue weighted by Gasteiger charge is 2.35. The molecule has 0 aromatic heterocycles. The summed E-state index contributed by atoms with van der Waals surface area (Å²) in [5, 5.41) is 0. The number of fused-ring (bicyclic) bond motifs is 6. The Hall–Kier alpha value is -5.06. The lowest BCUT2D eigenvalue weighted by Crippen LogP contribution is -2.33. The van der Waals surface area contributed by atoms with Crippen LogP contribution < -0.4 is 28.4 Å². The average molecular weight is 777 g/mol. The van der Waals surface area contributed by atoms with Gasteiger partial charge in [-0.2, -0.15) is 0 Å². The van der Waals surface area contributed by atoms with Crippen LogP contribution in [0.25, 0.3) is 22.3 Å². The van der Waals surface area contributed by atoms with Gasteiger partial charge in [0.1, 0.15) is 47.7 Å². The van der Waals surface area contributed by atoms with Crippen LogP contribution in [0.15, 0.2) is 60.7 Å². The van der Waals surface area contributed by atoms with Crippen LogP contribution in [0.3, 0.4) is 0 Å². The van der Waals surface area contributed by atoms with E-state index in [0.29, 0.717) is 71.7 Å². The summed E-state index contributed by atoms with van der Waals surface area (Å²) in [5.41, 5.74) is 5.87. The molecule has 302 valence electrons. The summed E-state index contributed by atoms with van der Waals surface area (Å²) in [6.45, 7) is 12.9. The van der Waals surface area contributed by atoms with E-state index in [1.807, 2.05) is 60.7 Å². The van der Waals surface area contributed by atoms with E-state index in [9.17, 15) is 9.59 Å². The molecule has 4 aromatic rings. The standard InChI is InChI=1S/C24H29NO4.C23H27NO4/c1-3-13-28-17-15-19-23(21(16-17)27-2)22-18(24(19)26)8-7-9-20(22)29-14-12-25-10-5-4-6-11-25;1-3-12-27-16-14-18-22(20(15-16)26-2)21-17(23(18)25)7-6-8-19(21)28-13-11-24-9-4-5-10-24/h7-9,15-16H,3-6,10-14H2,1-2H3;6-8,14-15H,3-5,9-13H2,1-2H3. The Morgan fingerprint density at radius 1 is 0.474 bits per heavy atom. The second-order valence-electron chi connectivity index (χ2n) is 15.0. The number of piperidine rings is 1. The SMILES string of the molecule is CCCOc1cc(OC)c2c(c1)C(=O)c1cccc(OCCN3CCCC3)c1-2.CCCOc1cc(OC)c2c(c1)C(=O)c1cccc(OCCN3CCCCC3)c1-2. The number of rotatable bonds is 16. The largest absolute Gasteiger partial charge is 0.496 e. The topological polar surface area (TPSA) is 96.0 Å². The van der Waals surface area contributed by atoms with Gasteiger partial charge in [0.05, 0.1) is 27.4 Å². The van der Waals surface area contributed by atoms with Crippen LogP contribution in [-0.4, -0.2) is 101 Å². The van der Waals surface area contributed by atoms with Gasteiger partial charge in [0.15, 0.2) is 11.6 Å². The number of hydrogen-bond acceptors (Lipinski definition) is 10. The van der Waals surface area contributed by atoms with Crippen molar-refractivity contribution in [3.63, 3.8) is 0 Å². The lowest BCUT2D eigenvalue weighted by molar-refractivity contribution is 0.103. The van der Waals surface area contributed by atoms with Gasteiger partial charge in [-0.1, -0.05) is 44.5 Å². The minimum absolute atomic E-state index is 0.00303. The molecule has 8 rings (SSSR count). The number of benzene rings is 4. The fourth-order valence-electron chi connectivity index (χ4n) is 8.23. The van der Waals surface area contributed by atoms with E-state index in [4.69, 9.17) is 28.4 Å². The second kappa shape index (κ2) is 18.9. The lowest BCUT2D eigenvalue weighted by atomic mass is 10.0. The Bertz CT molecular complexity index is 2050. The molecule has 0 atom stereocenters. The van der Waals surface area contributed by atoms with E-state index in [1.54, 1.807) is 14.2 Å². The smallest absolute Gasteiger partial charge is 0.194 e. The van der Waals surface area contributed by atoms with Crippen molar-refractivity contribution in [3.05, 3.63) is 82.9 Å². The summed E-state index contributed by atoms with van der Waals surface area (Å²) in [6.07, 6.45) is 8.20. The molecular formula is C47H56N2O8. The van der Waals surface area contributed by atoms with Gasteiger partial charge in [-0.25, -0.2) is 0 Å². The van der Waals surface area contributed by atoms with Crippen molar-refractivity contribution >= 4 is 11.6 Å². The van der Waals surface area contributed by atoms with Crippen molar-refractivity contribution in [3.8, 4) is 56.8 Å². The van der Waals surface area contributed by atoms with E-state index in [-0.39, 0.29) is 11.6 Å². The first-order valence-electron chi connectivity index (χ1n) is 20.7. The Morgan fingerprint density at radius 3 is 1.28 bits per heavy atom. The van der Waals surface area contributed by atoms with Gasteiger partial charge in [0.25, 0.3) is 0 Å². The van der Waals surface area contributed by atoms with E-state index >= 15 is 0 Å². The molecule has 10 nitrogen and oxygen atoms in total. The molecule has 4 aliphatic rings. The van der Waals surface area contributed by atoms with Crippen molar-refractivity contribution in [1.29, 1.82) is 0 Å². The Labute approximate surface area is 337 Å². The molecule has 2 heterocycles. The third-order valence-corrected chi connectivity index (χ3v) is 11.0. The highest BCUT2D eigenvalue weighted by molar-refractivity contribution is 6.24. The normalized spacial score (nSPS) is 15.6. The first-order chi connectivity index (χ1) is 27.9. The molecule has 10 heteroatoms. The maximum Gasteiger partial charge on any atom is 0.194 e. The van der Waals surface area contributed by atoms with Gasteiger partial charge in [-0.05, 0) is 89.0 Å². The number of carbonyl (C=O) groups is 2. The first-order valence-corrected chi connectivity index (χ1v) is 20.7. The van der Waals surface area contributed by atoms with Crippen LogP contribution in [0.4, 0.5) is 0 Å². The molecule has 0 spiro atoms. The fourth-order valence-corrected chi connectivity index (χ4v) is 8.23. The van der Waals surface area contributed by atoms with Crippen molar-refractivity contribution in [2.45, 2.75) is 58.8 Å². The van der Waals surface area contributed by atoms with Crippen LogP contribution >= 0.6 is 0 Å². The number of likely N-dealkylation sites (tertiary alicyclic amines) is 2. The molecule has 0 N–H and O–H groups in total. The molecule has 2 fully saturated rings. The zero-order chi connectivity index (χ0) is 39.7. The molecule has 57 heavy (non-hydrogen) atoms. The van der Waals surface area contributed by atoms with Crippen LogP contribution in [0.5, 0.6) is 34.5 Å². The molecule has 0 radical (unpaired) electrons. The molecule has 4 aromatic carbocycles. The number of methoxy groups -OCH3 is 2. The van der Waals surface area contributed by atoms with Gasteiger partial charge >= 0.3 is 0 Å². The summed E-state index contributed by atoms with van der Waals surface area (Å²) < 4.78 is 35.1. The van der Waals surface area contributed by atoms with Crippen molar-refractivity contribution in [2.75, 3.05) is 79.9 Å². The summed E-state index contributed by atoms with van der Waals surface area (Å²) >= 11 is 0. The van der Waals surface area contributed by atoms with Crippen molar-refractivity contribution in [1.82, 2.24) is 9.80 Å². The zero-order valence-corrected chi connectivity index (χ0v) is 34.0. The monoisotopic (exact) mass is 776 g/mol. The van der Waals surface area contributed by atoms with E-state index in [1.165, 1.54) is 32.1 Å². The quantitative estimate of drug-likeness (QED) is 0.0950. The van der Waals surface area contributed by atoms with Crippen LogP contribution in [0.2, 0.25) is 0 Å². The summed E-state index contributed by atoms with van der Waals surface area (Å²) in [5.74, 6) is 4.09. The highest BCUT2D eigenvalue weighted by atomic mass is 16.5. The molecule has 2 aliphatic heterocycles. The molecule has 0 bridgehead atoms. The van der Waals surface area contributed by atoms with Gasteiger partial charge in [-0.3, -0.25) is 19.4 Å². The highest BCUT2D eigenvalue weighted by Crippen LogP contribution is 2.50. The molecule has 0 unspecified atom stereocenters. The maximum absolute atomic E-state index is 13.1. The second-order valence-corrected chi connectivity index (χ2v) is 15.0. The van der Waals surface area contributed by atoms with Gasteiger partial charge < -0.3 is 28.4 Å². The Morgan fingerprint density at radius 2 is 0.877 bits per heavy atom. The number of ether oxygens (including phenoxy) is 6. The summed E-state index contributed by atoms with van der Waals surface area (Å²) in [7, 11) is 3.25. The predicted octanol–water partition coefficient (Wildman–Crippen LogP) is 8.73. The minimum atomic E-state index is -0.00441. The molecule has 2 aliphatic carbocycles. The molecular weight excluding hydrogens is 721 g/mol.